The van der Waals surface area contributed by atoms with Gasteiger partial charge in [0.2, 0.25) is 0 Å². The highest BCUT2D eigenvalue weighted by Crippen LogP contribution is 2.33. The van der Waals surface area contributed by atoms with E-state index in [2.05, 4.69) is 36.0 Å². The predicted molar refractivity (Wildman–Crippen MR) is 104 cm³/mol. The Morgan fingerprint density at radius 3 is 2.81 bits per heavy atom. The van der Waals surface area contributed by atoms with Gasteiger partial charge in [-0.2, -0.15) is 4.80 Å². The monoisotopic (exact) mass is 406 g/mol. The molecule has 0 saturated heterocycles. The Labute approximate surface area is 165 Å². The van der Waals surface area contributed by atoms with Crippen molar-refractivity contribution in [3.63, 3.8) is 0 Å². The predicted octanol–water partition coefficient (Wildman–Crippen LogP) is 2.85. The molecule has 11 heteroatoms. The molecule has 142 valence electrons. The van der Waals surface area contributed by atoms with Crippen LogP contribution in [-0.2, 0) is 13.0 Å². The molecule has 2 amide bonds. The normalized spacial score (nSPS) is 10.8. The molecule has 0 fully saturated rings. The lowest BCUT2D eigenvalue weighted by Crippen LogP contribution is -2.30. The number of thiazole rings is 1. The molecular formula is C16H19ClN8OS. The van der Waals surface area contributed by atoms with Gasteiger partial charge in [-0.25, -0.2) is 14.8 Å². The van der Waals surface area contributed by atoms with Gasteiger partial charge in [-0.05, 0) is 43.7 Å². The van der Waals surface area contributed by atoms with Crippen LogP contribution < -0.4 is 10.6 Å². The Balaban J connectivity index is 1.58. The van der Waals surface area contributed by atoms with Crippen molar-refractivity contribution in [2.24, 2.45) is 0 Å². The fourth-order valence-corrected chi connectivity index (χ4v) is 3.62. The first kappa shape index (κ1) is 19.2. The van der Waals surface area contributed by atoms with Gasteiger partial charge < -0.3 is 5.32 Å². The van der Waals surface area contributed by atoms with Crippen molar-refractivity contribution in [1.29, 1.82) is 0 Å². The Hall–Kier alpha value is -2.59. The maximum atomic E-state index is 12.1. The number of anilines is 1. The van der Waals surface area contributed by atoms with Crippen LogP contribution in [0, 0.1) is 13.8 Å². The van der Waals surface area contributed by atoms with E-state index in [1.54, 1.807) is 6.07 Å². The molecule has 0 aromatic carbocycles. The summed E-state index contributed by atoms with van der Waals surface area (Å²) in [5.41, 5.74) is 2.57. The SMILES string of the molecule is CCn1nnc(CCNC(=O)Nc2nc(C)c(-c3cc(C)nc(Cl)c3)s2)n1. The average molecular weight is 407 g/mol. The number of halogens is 1. The summed E-state index contributed by atoms with van der Waals surface area (Å²) in [5, 5.41) is 18.4. The number of aromatic nitrogens is 6. The summed E-state index contributed by atoms with van der Waals surface area (Å²) in [4.78, 5) is 23.1. The van der Waals surface area contributed by atoms with E-state index in [4.69, 9.17) is 11.6 Å². The molecule has 3 aromatic rings. The van der Waals surface area contributed by atoms with E-state index in [9.17, 15) is 4.79 Å². The minimum Gasteiger partial charge on any atom is -0.337 e. The van der Waals surface area contributed by atoms with E-state index in [0.717, 1.165) is 21.8 Å². The van der Waals surface area contributed by atoms with E-state index in [-0.39, 0.29) is 6.03 Å². The van der Waals surface area contributed by atoms with E-state index in [1.807, 2.05) is 26.8 Å². The highest BCUT2D eigenvalue weighted by molar-refractivity contribution is 7.19. The van der Waals surface area contributed by atoms with Crippen LogP contribution in [0.1, 0.15) is 24.1 Å². The number of nitrogens with one attached hydrogen (secondary N) is 2. The van der Waals surface area contributed by atoms with Crippen molar-refractivity contribution in [2.75, 3.05) is 11.9 Å². The molecule has 0 aliphatic heterocycles. The number of hydrogen-bond donors (Lipinski definition) is 2. The zero-order valence-electron chi connectivity index (χ0n) is 15.2. The van der Waals surface area contributed by atoms with Crippen LogP contribution in [0.25, 0.3) is 10.4 Å². The summed E-state index contributed by atoms with van der Waals surface area (Å²) in [6.45, 7) is 6.77. The van der Waals surface area contributed by atoms with Crippen LogP contribution in [0.3, 0.4) is 0 Å². The summed E-state index contributed by atoms with van der Waals surface area (Å²) < 4.78 is 0. The summed E-state index contributed by atoms with van der Waals surface area (Å²) in [7, 11) is 0. The summed E-state index contributed by atoms with van der Waals surface area (Å²) >= 11 is 7.43. The Morgan fingerprint density at radius 1 is 1.30 bits per heavy atom. The molecule has 0 saturated carbocycles. The number of nitrogens with zero attached hydrogens (tertiary/aromatic N) is 6. The number of pyridine rings is 1. The van der Waals surface area contributed by atoms with E-state index in [1.165, 1.54) is 16.1 Å². The van der Waals surface area contributed by atoms with Crippen molar-refractivity contribution in [3.8, 4) is 10.4 Å². The molecule has 27 heavy (non-hydrogen) atoms. The molecule has 2 N–H and O–H groups in total. The molecule has 0 spiro atoms. The number of amides is 2. The first-order chi connectivity index (χ1) is 12.9. The van der Waals surface area contributed by atoms with Crippen LogP contribution >= 0.6 is 22.9 Å². The second-order valence-corrected chi connectivity index (χ2v) is 7.16. The second kappa shape index (κ2) is 8.40. The van der Waals surface area contributed by atoms with Gasteiger partial charge in [-0.1, -0.05) is 22.9 Å². The molecule has 0 unspecified atom stereocenters. The fourth-order valence-electron chi connectivity index (χ4n) is 2.42. The van der Waals surface area contributed by atoms with Gasteiger partial charge in [0.25, 0.3) is 0 Å². The standard InChI is InChI=1S/C16H19ClN8OS/c1-4-25-23-13(22-24-25)5-6-18-15(26)21-16-20-10(3)14(27-16)11-7-9(2)19-12(17)8-11/h7-8H,4-6H2,1-3H3,(H2,18,20,21,26). The molecular weight excluding hydrogens is 388 g/mol. The van der Waals surface area contributed by atoms with E-state index >= 15 is 0 Å². The number of rotatable bonds is 6. The molecule has 0 atom stereocenters. The third-order valence-electron chi connectivity index (χ3n) is 3.61. The quantitative estimate of drug-likeness (QED) is 0.609. The third kappa shape index (κ3) is 4.98. The molecule has 0 aliphatic rings. The van der Waals surface area contributed by atoms with Gasteiger partial charge in [0.15, 0.2) is 11.0 Å². The number of aryl methyl sites for hydroxylation is 3. The molecule has 0 bridgehead atoms. The van der Waals surface area contributed by atoms with Crippen LogP contribution in [0.15, 0.2) is 12.1 Å². The lowest BCUT2D eigenvalue weighted by molar-refractivity contribution is 0.252. The van der Waals surface area contributed by atoms with Gasteiger partial charge in [0.05, 0.1) is 17.1 Å². The molecule has 3 rings (SSSR count). The molecule has 3 aromatic heterocycles. The number of carbonyl (C=O) groups excluding carboxylic acids is 1. The van der Waals surface area contributed by atoms with Gasteiger partial charge in [0.1, 0.15) is 5.15 Å². The van der Waals surface area contributed by atoms with Crippen LogP contribution in [-0.4, -0.2) is 42.8 Å². The second-order valence-electron chi connectivity index (χ2n) is 5.78. The number of carbonyl (C=O) groups is 1. The van der Waals surface area contributed by atoms with Crippen molar-refractivity contribution >= 4 is 34.1 Å². The van der Waals surface area contributed by atoms with Crippen LogP contribution in [0.4, 0.5) is 9.93 Å². The van der Waals surface area contributed by atoms with Gasteiger partial charge in [-0.15, -0.1) is 10.2 Å². The minimum atomic E-state index is -0.331. The third-order valence-corrected chi connectivity index (χ3v) is 4.93. The highest BCUT2D eigenvalue weighted by atomic mass is 35.5. The number of urea groups is 1. The van der Waals surface area contributed by atoms with Gasteiger partial charge >= 0.3 is 6.03 Å². The summed E-state index contributed by atoms with van der Waals surface area (Å²) in [6.07, 6.45) is 0.504. The van der Waals surface area contributed by atoms with Gasteiger partial charge in [0, 0.05) is 18.7 Å². The summed E-state index contributed by atoms with van der Waals surface area (Å²) in [5.74, 6) is 0.592. The maximum Gasteiger partial charge on any atom is 0.321 e. The zero-order chi connectivity index (χ0) is 19.4. The highest BCUT2D eigenvalue weighted by Gasteiger charge is 2.13. The molecule has 0 aliphatic carbocycles. The van der Waals surface area contributed by atoms with Crippen molar-refractivity contribution in [1.82, 2.24) is 35.5 Å². The van der Waals surface area contributed by atoms with Crippen LogP contribution in [0.2, 0.25) is 5.15 Å². The zero-order valence-corrected chi connectivity index (χ0v) is 16.7. The van der Waals surface area contributed by atoms with Gasteiger partial charge in [-0.3, -0.25) is 5.32 Å². The number of tetrazole rings is 1. The minimum absolute atomic E-state index is 0.331. The van der Waals surface area contributed by atoms with Crippen molar-refractivity contribution < 1.29 is 4.79 Å². The average Bonchev–Trinajstić information content (AvgIpc) is 3.20. The molecule has 0 radical (unpaired) electrons. The van der Waals surface area contributed by atoms with E-state index in [0.29, 0.717) is 35.6 Å². The molecule has 3 heterocycles. The first-order valence-electron chi connectivity index (χ1n) is 8.38. The molecule has 9 nitrogen and oxygen atoms in total. The van der Waals surface area contributed by atoms with Crippen LogP contribution in [0.5, 0.6) is 0 Å². The maximum absolute atomic E-state index is 12.1. The Kier molecular flexibility index (Phi) is 5.97. The van der Waals surface area contributed by atoms with Crippen molar-refractivity contribution in [2.45, 2.75) is 33.7 Å². The number of hydrogen-bond acceptors (Lipinski definition) is 7. The smallest absolute Gasteiger partial charge is 0.321 e. The topological polar surface area (TPSA) is 111 Å². The lowest BCUT2D eigenvalue weighted by atomic mass is 10.2. The first-order valence-corrected chi connectivity index (χ1v) is 9.57. The summed E-state index contributed by atoms with van der Waals surface area (Å²) in [6, 6.07) is 3.39. The fraction of sp³-hybridized carbons (Fsp3) is 0.375. The largest absolute Gasteiger partial charge is 0.337 e. The van der Waals surface area contributed by atoms with E-state index < -0.39 is 0 Å². The Bertz CT molecular complexity index is 934. The lowest BCUT2D eigenvalue weighted by Gasteiger charge is -2.03. The van der Waals surface area contributed by atoms with Crippen molar-refractivity contribution in [3.05, 3.63) is 34.5 Å². The Morgan fingerprint density at radius 2 is 2.11 bits per heavy atom.